The molecule has 1 amide bonds. The predicted molar refractivity (Wildman–Crippen MR) is 61.4 cm³/mol. The molecule has 0 fully saturated rings. The molecular formula is C9H20N2O4S. The summed E-state index contributed by atoms with van der Waals surface area (Å²) in [6, 6.07) is 0.428. The molecule has 0 aromatic heterocycles. The summed E-state index contributed by atoms with van der Waals surface area (Å²) in [4.78, 5) is 13.0. The van der Waals surface area contributed by atoms with Crippen molar-refractivity contribution in [3.05, 3.63) is 0 Å². The summed E-state index contributed by atoms with van der Waals surface area (Å²) in [7, 11) is -3.55. The van der Waals surface area contributed by atoms with Gasteiger partial charge in [-0.1, -0.05) is 0 Å². The van der Waals surface area contributed by atoms with Crippen LogP contribution in [0, 0.1) is 0 Å². The molecule has 0 unspecified atom stereocenters. The van der Waals surface area contributed by atoms with E-state index in [9.17, 15) is 13.2 Å². The summed E-state index contributed by atoms with van der Waals surface area (Å²) in [5.41, 5.74) is 0. The van der Waals surface area contributed by atoms with Crippen LogP contribution in [0.3, 0.4) is 0 Å². The summed E-state index contributed by atoms with van der Waals surface area (Å²) in [5, 5.41) is 0. The smallest absolute Gasteiger partial charge is 0.422 e. The molecule has 0 aromatic carbocycles. The Morgan fingerprint density at radius 3 is 2.00 bits per heavy atom. The molecule has 0 radical (unpaired) electrons. The largest absolute Gasteiger partial charge is 0.433 e. The number of hydrogen-bond donors (Lipinski definition) is 1. The van der Waals surface area contributed by atoms with E-state index in [0.717, 1.165) is 6.26 Å². The third kappa shape index (κ3) is 6.62. The molecule has 1 N–H and O–H groups in total. The van der Waals surface area contributed by atoms with Crippen molar-refractivity contribution in [3.63, 3.8) is 0 Å². The molecule has 0 bridgehead atoms. The van der Waals surface area contributed by atoms with Crippen molar-refractivity contribution in [1.82, 2.24) is 9.62 Å². The molecule has 0 aliphatic rings. The van der Waals surface area contributed by atoms with E-state index in [-0.39, 0.29) is 18.8 Å². The Morgan fingerprint density at radius 1 is 1.25 bits per heavy atom. The molecule has 0 saturated carbocycles. The number of nitrogens with zero attached hydrogens (tertiary/aromatic N) is 1. The maximum Gasteiger partial charge on any atom is 0.422 e. The Kier molecular flexibility index (Phi) is 5.74. The van der Waals surface area contributed by atoms with E-state index in [4.69, 9.17) is 4.74 Å². The number of carbonyl (C=O) groups excluding carboxylic acids is 1. The van der Waals surface area contributed by atoms with Crippen LogP contribution < -0.4 is 4.72 Å². The van der Waals surface area contributed by atoms with Gasteiger partial charge in [-0.3, -0.25) is 4.90 Å². The first-order valence-electron chi connectivity index (χ1n) is 5.03. The summed E-state index contributed by atoms with van der Waals surface area (Å²) in [5.74, 6) is 0. The van der Waals surface area contributed by atoms with Gasteiger partial charge in [0.1, 0.15) is 6.73 Å². The van der Waals surface area contributed by atoms with Crippen LogP contribution in [0.5, 0.6) is 0 Å². The zero-order chi connectivity index (χ0) is 12.9. The molecule has 16 heavy (non-hydrogen) atoms. The van der Waals surface area contributed by atoms with Crippen molar-refractivity contribution >= 4 is 16.1 Å². The lowest BCUT2D eigenvalue weighted by atomic mass is 10.2. The Labute approximate surface area is 97.0 Å². The maximum atomic E-state index is 11.1. The first-order valence-corrected chi connectivity index (χ1v) is 6.93. The monoisotopic (exact) mass is 252 g/mol. The maximum absolute atomic E-state index is 11.1. The first-order chi connectivity index (χ1) is 7.13. The SMILES string of the molecule is CC(C)N(COC(=O)NS(C)(=O)=O)C(C)C. The van der Waals surface area contributed by atoms with Gasteiger partial charge in [0.05, 0.1) is 6.26 Å². The highest BCUT2D eigenvalue weighted by Crippen LogP contribution is 2.04. The molecule has 96 valence electrons. The van der Waals surface area contributed by atoms with Crippen LogP contribution >= 0.6 is 0 Å². The lowest BCUT2D eigenvalue weighted by Gasteiger charge is -2.29. The van der Waals surface area contributed by atoms with Crippen LogP contribution in [-0.4, -0.2) is 44.5 Å². The molecule has 0 rings (SSSR count). The van der Waals surface area contributed by atoms with Crippen molar-refractivity contribution in [2.24, 2.45) is 0 Å². The highest BCUT2D eigenvalue weighted by atomic mass is 32.2. The quantitative estimate of drug-likeness (QED) is 0.731. The van der Waals surface area contributed by atoms with Gasteiger partial charge in [0.15, 0.2) is 0 Å². The first kappa shape index (κ1) is 15.2. The normalized spacial score (nSPS) is 12.2. The van der Waals surface area contributed by atoms with Crippen LogP contribution in [0.4, 0.5) is 4.79 Å². The highest BCUT2D eigenvalue weighted by molar-refractivity contribution is 7.89. The Bertz CT molecular complexity index is 316. The van der Waals surface area contributed by atoms with Crippen molar-refractivity contribution in [1.29, 1.82) is 0 Å². The molecule has 7 heteroatoms. The molecule has 0 spiro atoms. The number of rotatable bonds is 5. The van der Waals surface area contributed by atoms with E-state index in [0.29, 0.717) is 0 Å². The fourth-order valence-corrected chi connectivity index (χ4v) is 1.57. The Morgan fingerprint density at radius 2 is 1.69 bits per heavy atom. The van der Waals surface area contributed by atoms with Crippen LogP contribution in [-0.2, 0) is 14.8 Å². The third-order valence-corrected chi connectivity index (χ3v) is 2.48. The van der Waals surface area contributed by atoms with Crippen LogP contribution in [0.1, 0.15) is 27.7 Å². The van der Waals surface area contributed by atoms with E-state index in [1.54, 1.807) is 4.72 Å². The second-order valence-electron chi connectivity index (χ2n) is 4.14. The number of carbonyl (C=O) groups is 1. The molecular weight excluding hydrogens is 232 g/mol. The molecule has 0 aliphatic carbocycles. The van der Waals surface area contributed by atoms with Gasteiger partial charge < -0.3 is 4.74 Å². The second kappa shape index (κ2) is 6.05. The molecule has 0 saturated heterocycles. The summed E-state index contributed by atoms with van der Waals surface area (Å²) < 4.78 is 28.0. The molecule has 0 aliphatic heterocycles. The van der Waals surface area contributed by atoms with E-state index < -0.39 is 16.1 Å². The van der Waals surface area contributed by atoms with Crippen molar-refractivity contribution < 1.29 is 17.9 Å². The highest BCUT2D eigenvalue weighted by Gasteiger charge is 2.16. The fourth-order valence-electron chi connectivity index (χ4n) is 1.21. The number of ether oxygens (including phenoxy) is 1. The second-order valence-corrected chi connectivity index (χ2v) is 5.89. The number of sulfonamides is 1. The summed E-state index contributed by atoms with van der Waals surface area (Å²) >= 11 is 0. The predicted octanol–water partition coefficient (Wildman–Crippen LogP) is 0.749. The topological polar surface area (TPSA) is 75.7 Å². The third-order valence-electron chi connectivity index (χ3n) is 1.94. The minimum Gasteiger partial charge on any atom is -0.433 e. The van der Waals surface area contributed by atoms with Crippen LogP contribution in [0.2, 0.25) is 0 Å². The van der Waals surface area contributed by atoms with E-state index in [1.165, 1.54) is 0 Å². The molecule has 0 heterocycles. The average molecular weight is 252 g/mol. The van der Waals surface area contributed by atoms with E-state index >= 15 is 0 Å². The fraction of sp³-hybridized carbons (Fsp3) is 0.889. The zero-order valence-electron chi connectivity index (χ0n) is 10.4. The van der Waals surface area contributed by atoms with Gasteiger partial charge in [0.25, 0.3) is 0 Å². The van der Waals surface area contributed by atoms with Gasteiger partial charge in [0, 0.05) is 12.1 Å². The van der Waals surface area contributed by atoms with E-state index in [1.807, 2.05) is 32.6 Å². The average Bonchev–Trinajstić information content (AvgIpc) is 1.98. The van der Waals surface area contributed by atoms with Gasteiger partial charge in [-0.2, -0.15) is 0 Å². The van der Waals surface area contributed by atoms with Gasteiger partial charge in [-0.15, -0.1) is 0 Å². The Hall–Kier alpha value is -0.820. The van der Waals surface area contributed by atoms with Crippen molar-refractivity contribution in [2.75, 3.05) is 13.0 Å². The number of nitrogens with one attached hydrogen (secondary N) is 1. The minimum atomic E-state index is -3.55. The number of hydrogen-bond acceptors (Lipinski definition) is 5. The van der Waals surface area contributed by atoms with Crippen LogP contribution in [0.25, 0.3) is 0 Å². The molecule has 0 aromatic rings. The lowest BCUT2D eigenvalue weighted by molar-refractivity contribution is 0.0348. The summed E-state index contributed by atoms with van der Waals surface area (Å²) in [6.07, 6.45) is -0.0505. The van der Waals surface area contributed by atoms with Gasteiger partial charge in [0.2, 0.25) is 10.0 Å². The zero-order valence-corrected chi connectivity index (χ0v) is 11.2. The van der Waals surface area contributed by atoms with Gasteiger partial charge in [-0.05, 0) is 27.7 Å². The van der Waals surface area contributed by atoms with Crippen molar-refractivity contribution in [3.8, 4) is 0 Å². The summed E-state index contributed by atoms with van der Waals surface area (Å²) in [6.45, 7) is 7.95. The molecule has 6 nitrogen and oxygen atoms in total. The Balaban J connectivity index is 4.17. The van der Waals surface area contributed by atoms with Gasteiger partial charge >= 0.3 is 6.09 Å². The van der Waals surface area contributed by atoms with Crippen LogP contribution in [0.15, 0.2) is 0 Å². The minimum absolute atomic E-state index is 0.0662. The lowest BCUT2D eigenvalue weighted by Crippen LogP contribution is -2.41. The standard InChI is InChI=1S/C9H20N2O4S/c1-7(2)11(8(3)4)6-15-9(12)10-16(5,13)14/h7-8H,6H2,1-5H3,(H,10,12). The van der Waals surface area contributed by atoms with Gasteiger partial charge in [-0.25, -0.2) is 17.9 Å². The van der Waals surface area contributed by atoms with Crippen molar-refractivity contribution in [2.45, 2.75) is 39.8 Å². The number of amides is 1. The molecule has 0 atom stereocenters. The van der Waals surface area contributed by atoms with E-state index in [2.05, 4.69) is 0 Å².